The molecule has 1 aliphatic rings. The van der Waals surface area contributed by atoms with Gasteiger partial charge >= 0.3 is 0 Å². The second kappa shape index (κ2) is 3.88. The molecule has 0 saturated heterocycles. The Morgan fingerprint density at radius 3 is 2.72 bits per heavy atom. The van der Waals surface area contributed by atoms with Crippen molar-refractivity contribution in [2.24, 2.45) is 17.1 Å². The molecule has 2 N–H and O–H groups in total. The van der Waals surface area contributed by atoms with E-state index in [1.54, 1.807) is 11.0 Å². The average molecular weight is 243 g/mol. The zero-order valence-electron chi connectivity index (χ0n) is 10.6. The Morgan fingerprint density at radius 2 is 2.22 bits per heavy atom. The third-order valence-corrected chi connectivity index (χ3v) is 4.09. The molecule has 0 aliphatic heterocycles. The fourth-order valence-electron chi connectivity index (χ4n) is 2.89. The summed E-state index contributed by atoms with van der Waals surface area (Å²) in [4.78, 5) is 8.35. The van der Waals surface area contributed by atoms with Gasteiger partial charge in [-0.3, -0.25) is 0 Å². The maximum atomic E-state index is 5.80. The molecule has 94 valence electrons. The molecule has 5 nitrogen and oxygen atoms in total. The zero-order valence-corrected chi connectivity index (χ0v) is 10.6. The van der Waals surface area contributed by atoms with Crippen LogP contribution >= 0.6 is 0 Å². The third kappa shape index (κ3) is 1.62. The van der Waals surface area contributed by atoms with Gasteiger partial charge in [0.2, 0.25) is 0 Å². The molecule has 18 heavy (non-hydrogen) atoms. The van der Waals surface area contributed by atoms with E-state index in [4.69, 9.17) is 5.73 Å². The number of hydrogen-bond acceptors (Lipinski definition) is 4. The van der Waals surface area contributed by atoms with Gasteiger partial charge in [0.1, 0.15) is 12.7 Å². The Hall–Kier alpha value is -1.75. The predicted octanol–water partition coefficient (Wildman–Crippen LogP) is 1.36. The smallest absolute Gasteiger partial charge is 0.155 e. The third-order valence-electron chi connectivity index (χ3n) is 4.09. The van der Waals surface area contributed by atoms with E-state index < -0.39 is 0 Å². The van der Waals surface area contributed by atoms with Crippen LogP contribution in [0.3, 0.4) is 0 Å². The molecule has 5 heteroatoms. The van der Waals surface area contributed by atoms with E-state index in [2.05, 4.69) is 35.0 Å². The Bertz CT molecular complexity index is 529. The van der Waals surface area contributed by atoms with Crippen molar-refractivity contribution in [3.63, 3.8) is 0 Å². The summed E-state index contributed by atoms with van der Waals surface area (Å²) >= 11 is 0. The van der Waals surface area contributed by atoms with Gasteiger partial charge in [0, 0.05) is 6.20 Å². The van der Waals surface area contributed by atoms with Crippen LogP contribution in [-0.4, -0.2) is 26.3 Å². The standard InChI is InChI=1S/C13H17N5/c1-13(2)10(5-14)12(13)9-3-4-11(16-6-9)18-8-15-7-17-18/h3-4,6-8,10,12H,5,14H2,1-2H3/t10-,12-/m0/s1. The van der Waals surface area contributed by atoms with Crippen LogP contribution in [0.25, 0.3) is 5.82 Å². The van der Waals surface area contributed by atoms with E-state index in [1.165, 1.54) is 11.9 Å². The van der Waals surface area contributed by atoms with Crippen LogP contribution in [0.2, 0.25) is 0 Å². The van der Waals surface area contributed by atoms with Gasteiger partial charge in [0.25, 0.3) is 0 Å². The van der Waals surface area contributed by atoms with Gasteiger partial charge in [0.15, 0.2) is 5.82 Å². The highest BCUT2D eigenvalue weighted by Crippen LogP contribution is 2.63. The lowest BCUT2D eigenvalue weighted by Gasteiger charge is -2.04. The highest BCUT2D eigenvalue weighted by molar-refractivity contribution is 5.33. The molecule has 0 amide bonds. The van der Waals surface area contributed by atoms with Crippen molar-refractivity contribution in [2.75, 3.05) is 6.54 Å². The van der Waals surface area contributed by atoms with Crippen molar-refractivity contribution in [1.82, 2.24) is 19.7 Å². The lowest BCUT2D eigenvalue weighted by Crippen LogP contribution is -2.05. The molecule has 0 bridgehead atoms. The van der Waals surface area contributed by atoms with E-state index in [9.17, 15) is 0 Å². The Labute approximate surface area is 106 Å². The molecule has 1 fully saturated rings. The van der Waals surface area contributed by atoms with Crippen molar-refractivity contribution in [3.05, 3.63) is 36.5 Å². The van der Waals surface area contributed by atoms with Crippen LogP contribution in [-0.2, 0) is 0 Å². The molecule has 0 spiro atoms. The van der Waals surface area contributed by atoms with Gasteiger partial charge in [-0.25, -0.2) is 14.6 Å². The number of nitrogens with zero attached hydrogens (tertiary/aromatic N) is 4. The molecule has 2 heterocycles. The lowest BCUT2D eigenvalue weighted by atomic mass is 10.0. The number of rotatable bonds is 3. The van der Waals surface area contributed by atoms with Gasteiger partial charge in [-0.15, -0.1) is 0 Å². The molecule has 2 aromatic rings. The quantitative estimate of drug-likeness (QED) is 0.883. The van der Waals surface area contributed by atoms with E-state index in [1.807, 2.05) is 12.3 Å². The minimum absolute atomic E-state index is 0.297. The SMILES string of the molecule is CC1(C)[C@@H](CN)[C@@H]1c1ccc(-n2cncn2)nc1. The van der Waals surface area contributed by atoms with Crippen LogP contribution in [0, 0.1) is 11.3 Å². The average Bonchev–Trinajstić information content (AvgIpc) is 2.77. The Morgan fingerprint density at radius 1 is 1.39 bits per heavy atom. The second-order valence-electron chi connectivity index (χ2n) is 5.43. The largest absolute Gasteiger partial charge is 0.330 e. The molecule has 2 atom stereocenters. The normalized spacial score (nSPS) is 25.1. The molecule has 3 rings (SSSR count). The number of pyridine rings is 1. The van der Waals surface area contributed by atoms with Crippen LogP contribution in [0.5, 0.6) is 0 Å². The molecule has 1 saturated carbocycles. The van der Waals surface area contributed by atoms with Crippen molar-refractivity contribution >= 4 is 0 Å². The Kier molecular flexibility index (Phi) is 2.45. The van der Waals surface area contributed by atoms with E-state index in [-0.39, 0.29) is 0 Å². The van der Waals surface area contributed by atoms with E-state index in [0.717, 1.165) is 12.4 Å². The maximum absolute atomic E-state index is 5.80. The van der Waals surface area contributed by atoms with Gasteiger partial charge in [-0.1, -0.05) is 19.9 Å². The van der Waals surface area contributed by atoms with Gasteiger partial charge < -0.3 is 5.73 Å². The fraction of sp³-hybridized carbons (Fsp3) is 0.462. The minimum Gasteiger partial charge on any atom is -0.330 e. The monoisotopic (exact) mass is 243 g/mol. The van der Waals surface area contributed by atoms with Crippen molar-refractivity contribution in [1.29, 1.82) is 0 Å². The molecule has 0 radical (unpaired) electrons. The molecule has 0 unspecified atom stereocenters. The summed E-state index contributed by atoms with van der Waals surface area (Å²) in [6.07, 6.45) is 5.08. The highest BCUT2D eigenvalue weighted by Gasteiger charge is 2.57. The van der Waals surface area contributed by atoms with Gasteiger partial charge in [-0.05, 0) is 35.4 Å². The first-order chi connectivity index (χ1) is 8.64. The second-order valence-corrected chi connectivity index (χ2v) is 5.43. The lowest BCUT2D eigenvalue weighted by molar-refractivity contribution is 0.558. The van der Waals surface area contributed by atoms with Crippen molar-refractivity contribution in [3.8, 4) is 5.82 Å². The Balaban J connectivity index is 1.85. The van der Waals surface area contributed by atoms with Crippen molar-refractivity contribution < 1.29 is 0 Å². The molecule has 2 aromatic heterocycles. The maximum Gasteiger partial charge on any atom is 0.155 e. The van der Waals surface area contributed by atoms with Gasteiger partial charge in [0.05, 0.1) is 0 Å². The first-order valence-corrected chi connectivity index (χ1v) is 6.15. The first-order valence-electron chi connectivity index (χ1n) is 6.15. The molecular weight excluding hydrogens is 226 g/mol. The molecular formula is C13H17N5. The number of hydrogen-bond donors (Lipinski definition) is 1. The highest BCUT2D eigenvalue weighted by atomic mass is 15.3. The van der Waals surface area contributed by atoms with E-state index in [0.29, 0.717) is 17.3 Å². The topological polar surface area (TPSA) is 69.6 Å². The summed E-state index contributed by atoms with van der Waals surface area (Å²) in [5.74, 6) is 1.88. The number of nitrogens with two attached hydrogens (primary N) is 1. The summed E-state index contributed by atoms with van der Waals surface area (Å²) in [6.45, 7) is 5.27. The van der Waals surface area contributed by atoms with Crippen LogP contribution in [0.1, 0.15) is 25.3 Å². The summed E-state index contributed by atoms with van der Waals surface area (Å²) in [5, 5.41) is 4.06. The summed E-state index contributed by atoms with van der Waals surface area (Å²) < 4.78 is 1.65. The summed E-state index contributed by atoms with van der Waals surface area (Å²) in [5.41, 5.74) is 7.36. The van der Waals surface area contributed by atoms with Gasteiger partial charge in [-0.2, -0.15) is 5.10 Å². The first kappa shape index (κ1) is 11.3. The molecule has 0 aromatic carbocycles. The van der Waals surface area contributed by atoms with Crippen LogP contribution in [0.4, 0.5) is 0 Å². The van der Waals surface area contributed by atoms with E-state index >= 15 is 0 Å². The zero-order chi connectivity index (χ0) is 12.8. The molecule has 1 aliphatic carbocycles. The predicted molar refractivity (Wildman–Crippen MR) is 68.2 cm³/mol. The fourth-order valence-corrected chi connectivity index (χ4v) is 2.89. The summed E-state index contributed by atoms with van der Waals surface area (Å²) in [7, 11) is 0. The summed E-state index contributed by atoms with van der Waals surface area (Å²) in [6, 6.07) is 4.10. The van der Waals surface area contributed by atoms with Crippen molar-refractivity contribution in [2.45, 2.75) is 19.8 Å². The van der Waals surface area contributed by atoms with Crippen LogP contribution in [0.15, 0.2) is 31.0 Å². The van der Waals surface area contributed by atoms with Crippen LogP contribution < -0.4 is 5.73 Å². The number of aromatic nitrogens is 4. The minimum atomic E-state index is 0.297.